The number of nitrogens with one attached hydrogen (secondary N) is 2. The first-order valence-electron chi connectivity index (χ1n) is 4.97. The minimum Gasteiger partial charge on any atom is -0.480 e. The van der Waals surface area contributed by atoms with Crippen LogP contribution in [0.1, 0.15) is 26.7 Å². The molecule has 0 aromatic heterocycles. The molecule has 0 aliphatic carbocycles. The summed E-state index contributed by atoms with van der Waals surface area (Å²) in [5, 5.41) is 13.3. The Labute approximate surface area is 93.4 Å². The van der Waals surface area contributed by atoms with Crippen molar-refractivity contribution in [2.75, 3.05) is 0 Å². The van der Waals surface area contributed by atoms with Gasteiger partial charge in [0.15, 0.2) is 0 Å². The molecule has 0 fully saturated rings. The Morgan fingerprint density at radius 2 is 1.88 bits per heavy atom. The molecule has 2 atom stereocenters. The summed E-state index contributed by atoms with van der Waals surface area (Å²) in [6.07, 6.45) is 0.971. The fourth-order valence-electron chi connectivity index (χ4n) is 1.12. The molecule has 0 aromatic rings. The maximum atomic E-state index is 11.4. The normalized spacial score (nSPS) is 13.6. The van der Waals surface area contributed by atoms with E-state index in [-0.39, 0.29) is 0 Å². The van der Waals surface area contributed by atoms with E-state index in [0.717, 1.165) is 0 Å². The summed E-state index contributed by atoms with van der Waals surface area (Å²) < 4.78 is 0. The standard InChI is InChI=1S/C9H17N3O4/c1-3-4-6(8(14)15)12-7(13)5(2)11-9(10)16/h5-6H,3-4H2,1-2H3,(H,12,13)(H,14,15)(H3,10,11,16)/t5?,6-/m0/s1. The number of aliphatic carboxylic acids is 1. The van der Waals surface area contributed by atoms with Crippen molar-refractivity contribution in [2.24, 2.45) is 5.73 Å². The van der Waals surface area contributed by atoms with Crippen LogP contribution in [0, 0.1) is 0 Å². The van der Waals surface area contributed by atoms with E-state index in [1.807, 2.05) is 6.92 Å². The number of hydrogen-bond donors (Lipinski definition) is 4. The average Bonchev–Trinajstić information content (AvgIpc) is 2.15. The molecule has 16 heavy (non-hydrogen) atoms. The lowest BCUT2D eigenvalue weighted by Crippen LogP contribution is -2.51. The average molecular weight is 231 g/mol. The highest BCUT2D eigenvalue weighted by molar-refractivity contribution is 5.89. The first kappa shape index (κ1) is 14.2. The van der Waals surface area contributed by atoms with Crippen molar-refractivity contribution >= 4 is 17.9 Å². The van der Waals surface area contributed by atoms with Crippen molar-refractivity contribution in [1.29, 1.82) is 0 Å². The Morgan fingerprint density at radius 1 is 1.31 bits per heavy atom. The van der Waals surface area contributed by atoms with E-state index in [1.54, 1.807) is 0 Å². The summed E-state index contributed by atoms with van der Waals surface area (Å²) in [6, 6.07) is -2.61. The van der Waals surface area contributed by atoms with E-state index in [2.05, 4.69) is 10.6 Å². The highest BCUT2D eigenvalue weighted by atomic mass is 16.4. The van der Waals surface area contributed by atoms with E-state index in [9.17, 15) is 14.4 Å². The van der Waals surface area contributed by atoms with Crippen LogP contribution in [-0.2, 0) is 9.59 Å². The minimum absolute atomic E-state index is 0.338. The molecule has 5 N–H and O–H groups in total. The van der Waals surface area contributed by atoms with Gasteiger partial charge in [-0.05, 0) is 13.3 Å². The van der Waals surface area contributed by atoms with Crippen LogP contribution in [-0.4, -0.2) is 35.1 Å². The number of rotatable bonds is 6. The Hall–Kier alpha value is -1.79. The fourth-order valence-corrected chi connectivity index (χ4v) is 1.12. The molecule has 92 valence electrons. The summed E-state index contributed by atoms with van der Waals surface area (Å²) >= 11 is 0. The Bertz CT molecular complexity index is 280. The Morgan fingerprint density at radius 3 is 2.25 bits per heavy atom. The Kier molecular flexibility index (Phi) is 5.91. The van der Waals surface area contributed by atoms with Gasteiger partial charge in [-0.15, -0.1) is 0 Å². The van der Waals surface area contributed by atoms with Gasteiger partial charge in [-0.1, -0.05) is 13.3 Å². The smallest absolute Gasteiger partial charge is 0.326 e. The fraction of sp³-hybridized carbons (Fsp3) is 0.667. The molecule has 7 nitrogen and oxygen atoms in total. The molecule has 3 amide bonds. The molecule has 7 heteroatoms. The molecule has 0 saturated heterocycles. The van der Waals surface area contributed by atoms with E-state index >= 15 is 0 Å². The van der Waals surface area contributed by atoms with Crippen LogP contribution in [0.15, 0.2) is 0 Å². The predicted octanol–water partition coefficient (Wildman–Crippen LogP) is -0.587. The number of carboxylic acid groups (broad SMARTS) is 1. The van der Waals surface area contributed by atoms with Crippen LogP contribution in [0.3, 0.4) is 0 Å². The van der Waals surface area contributed by atoms with Crippen LogP contribution in [0.25, 0.3) is 0 Å². The molecule has 1 unspecified atom stereocenters. The second-order valence-electron chi connectivity index (χ2n) is 3.42. The number of carbonyl (C=O) groups is 3. The molecular formula is C9H17N3O4. The third-order valence-corrected chi connectivity index (χ3v) is 1.94. The van der Waals surface area contributed by atoms with Crippen molar-refractivity contribution < 1.29 is 19.5 Å². The van der Waals surface area contributed by atoms with Crippen molar-refractivity contribution in [3.8, 4) is 0 Å². The molecule has 0 aliphatic heterocycles. The quantitative estimate of drug-likeness (QED) is 0.488. The third-order valence-electron chi connectivity index (χ3n) is 1.94. The van der Waals surface area contributed by atoms with Gasteiger partial charge in [0.05, 0.1) is 0 Å². The number of carbonyl (C=O) groups excluding carboxylic acids is 2. The Balaban J connectivity index is 4.28. The van der Waals surface area contributed by atoms with Gasteiger partial charge in [0.1, 0.15) is 12.1 Å². The van der Waals surface area contributed by atoms with E-state index in [1.165, 1.54) is 6.92 Å². The largest absolute Gasteiger partial charge is 0.480 e. The SMILES string of the molecule is CCC[C@H](NC(=O)C(C)NC(N)=O)C(=O)O. The summed E-state index contributed by atoms with van der Waals surface area (Å²) in [4.78, 5) is 32.6. The lowest BCUT2D eigenvalue weighted by Gasteiger charge is -2.17. The highest BCUT2D eigenvalue weighted by Crippen LogP contribution is 1.97. The number of urea groups is 1. The minimum atomic E-state index is -1.10. The molecule has 0 bridgehead atoms. The van der Waals surface area contributed by atoms with Gasteiger partial charge in [-0.3, -0.25) is 4.79 Å². The molecular weight excluding hydrogens is 214 g/mol. The molecule has 0 spiro atoms. The van der Waals surface area contributed by atoms with Crippen LogP contribution in [0.5, 0.6) is 0 Å². The summed E-state index contributed by atoms with van der Waals surface area (Å²) in [5.74, 6) is -1.67. The van der Waals surface area contributed by atoms with Gasteiger partial charge in [0.2, 0.25) is 5.91 Å². The monoisotopic (exact) mass is 231 g/mol. The third kappa shape index (κ3) is 5.18. The highest BCUT2D eigenvalue weighted by Gasteiger charge is 2.22. The maximum absolute atomic E-state index is 11.4. The predicted molar refractivity (Wildman–Crippen MR) is 56.7 cm³/mol. The summed E-state index contributed by atoms with van der Waals surface area (Å²) in [7, 11) is 0. The van der Waals surface area contributed by atoms with E-state index in [4.69, 9.17) is 10.8 Å². The van der Waals surface area contributed by atoms with Crippen molar-refractivity contribution in [3.63, 3.8) is 0 Å². The topological polar surface area (TPSA) is 122 Å². The van der Waals surface area contributed by atoms with E-state index < -0.39 is 30.0 Å². The lowest BCUT2D eigenvalue weighted by atomic mass is 10.1. The van der Waals surface area contributed by atoms with Gasteiger partial charge < -0.3 is 21.5 Å². The van der Waals surface area contributed by atoms with Gasteiger partial charge in [-0.2, -0.15) is 0 Å². The van der Waals surface area contributed by atoms with Gasteiger partial charge >= 0.3 is 12.0 Å². The van der Waals surface area contributed by atoms with Gasteiger partial charge in [0.25, 0.3) is 0 Å². The zero-order valence-electron chi connectivity index (χ0n) is 9.32. The molecule has 0 rings (SSSR count). The van der Waals surface area contributed by atoms with Gasteiger partial charge in [-0.25, -0.2) is 9.59 Å². The van der Waals surface area contributed by atoms with Crippen molar-refractivity contribution in [2.45, 2.75) is 38.8 Å². The first-order chi connectivity index (χ1) is 7.38. The van der Waals surface area contributed by atoms with Crippen molar-refractivity contribution in [3.05, 3.63) is 0 Å². The molecule has 0 aliphatic rings. The summed E-state index contributed by atoms with van der Waals surface area (Å²) in [5.41, 5.74) is 4.83. The van der Waals surface area contributed by atoms with Crippen LogP contribution < -0.4 is 16.4 Å². The second kappa shape index (κ2) is 6.65. The van der Waals surface area contributed by atoms with Crippen molar-refractivity contribution in [1.82, 2.24) is 10.6 Å². The number of carboxylic acids is 1. The second-order valence-corrected chi connectivity index (χ2v) is 3.42. The number of nitrogens with two attached hydrogens (primary N) is 1. The molecule has 0 saturated carbocycles. The van der Waals surface area contributed by atoms with Crippen LogP contribution >= 0.6 is 0 Å². The van der Waals surface area contributed by atoms with Gasteiger partial charge in [0, 0.05) is 0 Å². The maximum Gasteiger partial charge on any atom is 0.326 e. The first-order valence-corrected chi connectivity index (χ1v) is 4.97. The molecule has 0 aromatic carbocycles. The summed E-state index contributed by atoms with van der Waals surface area (Å²) in [6.45, 7) is 3.23. The number of hydrogen-bond acceptors (Lipinski definition) is 3. The molecule has 0 radical (unpaired) electrons. The molecule has 0 heterocycles. The van der Waals surface area contributed by atoms with Crippen LogP contribution in [0.2, 0.25) is 0 Å². The number of amides is 3. The van der Waals surface area contributed by atoms with Crippen LogP contribution in [0.4, 0.5) is 4.79 Å². The van der Waals surface area contributed by atoms with E-state index in [0.29, 0.717) is 12.8 Å². The number of primary amides is 1. The zero-order chi connectivity index (χ0) is 12.7. The lowest BCUT2D eigenvalue weighted by molar-refractivity contribution is -0.142. The zero-order valence-corrected chi connectivity index (χ0v) is 9.32.